The lowest BCUT2D eigenvalue weighted by Crippen LogP contribution is -2.30. The van der Waals surface area contributed by atoms with E-state index in [1.165, 1.54) is 0 Å². The second kappa shape index (κ2) is 12.1. The summed E-state index contributed by atoms with van der Waals surface area (Å²) in [6.07, 6.45) is 1.84. The van der Waals surface area contributed by atoms with E-state index in [2.05, 4.69) is 10.3 Å². The minimum absolute atomic E-state index is 0.0752. The zero-order valence-electron chi connectivity index (χ0n) is 18.2. The average Bonchev–Trinajstić information content (AvgIpc) is 2.77. The summed E-state index contributed by atoms with van der Waals surface area (Å²) in [6.45, 7) is 3.94. The number of nitrogens with two attached hydrogens (primary N) is 2. The predicted molar refractivity (Wildman–Crippen MR) is 121 cm³/mol. The van der Waals surface area contributed by atoms with Crippen molar-refractivity contribution in [2.45, 2.75) is 32.6 Å². The number of guanidine groups is 1. The van der Waals surface area contributed by atoms with Crippen LogP contribution in [0.2, 0.25) is 0 Å². The van der Waals surface area contributed by atoms with Crippen molar-refractivity contribution in [1.29, 1.82) is 0 Å². The average molecular weight is 441 g/mol. The Morgan fingerprint density at radius 3 is 2.28 bits per heavy atom. The summed E-state index contributed by atoms with van der Waals surface area (Å²) in [4.78, 5) is 40.0. The number of hydrogen-bond donors (Lipinski definition) is 3. The highest BCUT2D eigenvalue weighted by Crippen LogP contribution is 2.22. The molecule has 1 atom stereocenters. The first kappa shape index (κ1) is 24.4. The molecule has 9 nitrogen and oxygen atoms in total. The molecule has 1 amide bonds. The second-order valence-corrected chi connectivity index (χ2v) is 7.08. The molecule has 0 spiro atoms. The maximum Gasteiger partial charge on any atom is 0.343 e. The number of esters is 2. The predicted octanol–water partition coefficient (Wildman–Crippen LogP) is 2.37. The zero-order valence-corrected chi connectivity index (χ0v) is 18.2. The Balaban J connectivity index is 1.88. The van der Waals surface area contributed by atoms with Crippen molar-refractivity contribution in [1.82, 2.24) is 5.32 Å². The number of nitrogens with zero attached hydrogens (tertiary/aromatic N) is 1. The topological polar surface area (TPSA) is 146 Å². The molecule has 0 radical (unpaired) electrons. The molecule has 2 aromatic carbocycles. The number of rotatable bonds is 10. The van der Waals surface area contributed by atoms with Crippen molar-refractivity contribution < 1.29 is 23.9 Å². The van der Waals surface area contributed by atoms with Crippen molar-refractivity contribution in [3.63, 3.8) is 0 Å². The first-order valence-corrected chi connectivity index (χ1v) is 10.2. The summed E-state index contributed by atoms with van der Waals surface area (Å²) in [5.74, 6) is -1.72. The van der Waals surface area contributed by atoms with Crippen molar-refractivity contribution in [2.75, 3.05) is 13.2 Å². The molecule has 0 aliphatic rings. The molecule has 0 heterocycles. The molecule has 0 fully saturated rings. The minimum atomic E-state index is -0.578. The molecule has 170 valence electrons. The van der Waals surface area contributed by atoms with Gasteiger partial charge in [0.25, 0.3) is 5.91 Å². The van der Waals surface area contributed by atoms with Gasteiger partial charge in [0, 0.05) is 6.54 Å². The normalized spacial score (nSPS) is 11.2. The Hall–Kier alpha value is -3.88. The fraction of sp³-hybridized carbons (Fsp3) is 0.304. The molecular formula is C23H28N4O5. The van der Waals surface area contributed by atoms with Crippen LogP contribution in [-0.2, 0) is 14.3 Å². The third-order valence-corrected chi connectivity index (χ3v) is 4.50. The molecule has 0 aromatic heterocycles. The monoisotopic (exact) mass is 440 g/mol. The van der Waals surface area contributed by atoms with Gasteiger partial charge in [0.1, 0.15) is 5.75 Å². The first-order chi connectivity index (χ1) is 15.3. The van der Waals surface area contributed by atoms with Crippen LogP contribution in [0.5, 0.6) is 5.75 Å². The number of hydrogen-bond acceptors (Lipinski definition) is 6. The number of carbonyl (C=O) groups is 3. The van der Waals surface area contributed by atoms with E-state index in [-0.39, 0.29) is 18.5 Å². The standard InChI is InChI=1S/C23H28N4O5/c1-3-4-13-26-20(28)14-31-21(29)15(2)16-7-11-19(12-8-16)32-22(30)17-5-9-18(10-6-17)27-23(24)25/h5-12,15H,3-4,13-14H2,1-2H3,(H,26,28)(H4,24,25,27). The van der Waals surface area contributed by atoms with Crippen molar-refractivity contribution in [2.24, 2.45) is 16.5 Å². The number of aliphatic imine (C=N–C) groups is 1. The van der Waals surface area contributed by atoms with Gasteiger partial charge < -0.3 is 26.3 Å². The summed E-state index contributed by atoms with van der Waals surface area (Å²) in [5, 5.41) is 2.69. The summed E-state index contributed by atoms with van der Waals surface area (Å²) in [6, 6.07) is 12.8. The minimum Gasteiger partial charge on any atom is -0.455 e. The lowest BCUT2D eigenvalue weighted by Gasteiger charge is -2.12. The quantitative estimate of drug-likeness (QED) is 0.169. The first-order valence-electron chi connectivity index (χ1n) is 10.2. The van der Waals surface area contributed by atoms with E-state index < -0.39 is 17.9 Å². The van der Waals surface area contributed by atoms with Gasteiger partial charge >= 0.3 is 11.9 Å². The van der Waals surface area contributed by atoms with Crippen molar-refractivity contribution in [3.05, 3.63) is 59.7 Å². The number of nitrogens with one attached hydrogen (secondary N) is 1. The van der Waals surface area contributed by atoms with E-state index in [0.717, 1.165) is 12.8 Å². The SMILES string of the molecule is CCCCNC(=O)COC(=O)C(C)c1ccc(OC(=O)c2ccc(N=C(N)N)cc2)cc1. The Labute approximate surface area is 186 Å². The molecular weight excluding hydrogens is 412 g/mol. The molecule has 2 aromatic rings. The van der Waals surface area contributed by atoms with Crippen LogP contribution in [0.1, 0.15) is 48.5 Å². The van der Waals surface area contributed by atoms with Crippen LogP contribution < -0.4 is 21.5 Å². The van der Waals surface area contributed by atoms with Gasteiger partial charge in [-0.1, -0.05) is 25.5 Å². The highest BCUT2D eigenvalue weighted by Gasteiger charge is 2.18. The second-order valence-electron chi connectivity index (χ2n) is 7.08. The van der Waals surface area contributed by atoms with E-state index in [4.69, 9.17) is 20.9 Å². The Morgan fingerprint density at radius 1 is 1.03 bits per heavy atom. The third-order valence-electron chi connectivity index (χ3n) is 4.50. The molecule has 1 unspecified atom stereocenters. The largest absolute Gasteiger partial charge is 0.455 e. The summed E-state index contributed by atoms with van der Waals surface area (Å²) < 4.78 is 10.4. The Bertz CT molecular complexity index is 951. The van der Waals surface area contributed by atoms with Crippen LogP contribution in [0.25, 0.3) is 0 Å². The van der Waals surface area contributed by atoms with Gasteiger partial charge in [0.2, 0.25) is 0 Å². The van der Waals surface area contributed by atoms with Crippen molar-refractivity contribution in [3.8, 4) is 5.75 Å². The fourth-order valence-corrected chi connectivity index (χ4v) is 2.67. The van der Waals surface area contributed by atoms with Gasteiger partial charge in [0.15, 0.2) is 12.6 Å². The van der Waals surface area contributed by atoms with E-state index in [0.29, 0.717) is 29.1 Å². The molecule has 9 heteroatoms. The van der Waals surface area contributed by atoms with Gasteiger partial charge in [-0.2, -0.15) is 0 Å². The molecule has 32 heavy (non-hydrogen) atoms. The van der Waals surface area contributed by atoms with Crippen LogP contribution in [0.15, 0.2) is 53.5 Å². The van der Waals surface area contributed by atoms with Crippen LogP contribution >= 0.6 is 0 Å². The summed E-state index contributed by atoms with van der Waals surface area (Å²) in [7, 11) is 0. The molecule has 0 saturated heterocycles. The van der Waals surface area contributed by atoms with Crippen LogP contribution in [0.4, 0.5) is 5.69 Å². The maximum atomic E-state index is 12.3. The van der Waals surface area contributed by atoms with Gasteiger partial charge in [-0.05, 0) is 55.3 Å². The molecule has 5 N–H and O–H groups in total. The highest BCUT2D eigenvalue weighted by molar-refractivity contribution is 5.91. The van der Waals surface area contributed by atoms with Gasteiger partial charge in [-0.25, -0.2) is 9.79 Å². The highest BCUT2D eigenvalue weighted by atomic mass is 16.5. The Morgan fingerprint density at radius 2 is 1.69 bits per heavy atom. The summed E-state index contributed by atoms with van der Waals surface area (Å²) in [5.41, 5.74) is 12.2. The molecule has 0 aliphatic carbocycles. The number of carbonyl (C=O) groups excluding carboxylic acids is 3. The number of unbranched alkanes of at least 4 members (excludes halogenated alkanes) is 1. The lowest BCUT2D eigenvalue weighted by atomic mass is 10.0. The van der Waals surface area contributed by atoms with Gasteiger partial charge in [-0.3, -0.25) is 9.59 Å². The number of amides is 1. The lowest BCUT2D eigenvalue weighted by molar-refractivity contribution is -0.149. The molecule has 0 bridgehead atoms. The van der Waals surface area contributed by atoms with Crippen LogP contribution in [0, 0.1) is 0 Å². The van der Waals surface area contributed by atoms with E-state index >= 15 is 0 Å². The summed E-state index contributed by atoms with van der Waals surface area (Å²) >= 11 is 0. The number of benzene rings is 2. The van der Waals surface area contributed by atoms with E-state index in [1.54, 1.807) is 55.5 Å². The van der Waals surface area contributed by atoms with E-state index in [9.17, 15) is 14.4 Å². The van der Waals surface area contributed by atoms with E-state index in [1.807, 2.05) is 6.92 Å². The smallest absolute Gasteiger partial charge is 0.343 e. The molecule has 0 saturated carbocycles. The third kappa shape index (κ3) is 7.75. The fourth-order valence-electron chi connectivity index (χ4n) is 2.67. The molecule has 2 rings (SSSR count). The van der Waals surface area contributed by atoms with Crippen LogP contribution in [-0.4, -0.2) is 37.0 Å². The van der Waals surface area contributed by atoms with Crippen LogP contribution in [0.3, 0.4) is 0 Å². The van der Waals surface area contributed by atoms with Gasteiger partial charge in [-0.15, -0.1) is 0 Å². The van der Waals surface area contributed by atoms with Crippen molar-refractivity contribution >= 4 is 29.5 Å². The number of ether oxygens (including phenoxy) is 2. The molecule has 0 aliphatic heterocycles. The van der Waals surface area contributed by atoms with Gasteiger partial charge in [0.05, 0.1) is 17.2 Å². The maximum absolute atomic E-state index is 12.3. The zero-order chi connectivity index (χ0) is 23.5. The Kier molecular flexibility index (Phi) is 9.22.